The predicted octanol–water partition coefficient (Wildman–Crippen LogP) is 2.54. The molecule has 1 aliphatic rings. The molecule has 0 atom stereocenters. The number of piperidine rings is 1. The summed E-state index contributed by atoms with van der Waals surface area (Å²) in [6.07, 6.45) is 4.99. The van der Waals surface area contributed by atoms with Gasteiger partial charge in [-0.2, -0.15) is 0 Å². The fourth-order valence-electron chi connectivity index (χ4n) is 3.28. The lowest BCUT2D eigenvalue weighted by atomic mass is 10.1. The molecule has 128 valence electrons. The summed E-state index contributed by atoms with van der Waals surface area (Å²) in [6.45, 7) is 1.17. The topological polar surface area (TPSA) is 78.2 Å². The maximum absolute atomic E-state index is 12.5. The molecule has 6 heteroatoms. The second kappa shape index (κ2) is 6.47. The molecule has 1 saturated heterocycles. The lowest BCUT2D eigenvalue weighted by Crippen LogP contribution is -2.43. The fraction of sp³-hybridized carbons (Fsp3) is 0.263. The summed E-state index contributed by atoms with van der Waals surface area (Å²) in [6, 6.07) is 11.2. The van der Waals surface area contributed by atoms with Gasteiger partial charge in [0, 0.05) is 49.2 Å². The Morgan fingerprint density at radius 1 is 1.04 bits per heavy atom. The summed E-state index contributed by atoms with van der Waals surface area (Å²) in [5.41, 5.74) is 0.900. The minimum absolute atomic E-state index is 0.0682. The third-order valence-electron chi connectivity index (χ3n) is 4.63. The van der Waals surface area contributed by atoms with Crippen molar-refractivity contribution in [3.63, 3.8) is 0 Å². The summed E-state index contributed by atoms with van der Waals surface area (Å²) in [4.78, 5) is 31.7. The van der Waals surface area contributed by atoms with Crippen LogP contribution in [0.2, 0.25) is 0 Å². The number of aromatic amines is 2. The van der Waals surface area contributed by atoms with Crippen molar-refractivity contribution < 1.29 is 9.53 Å². The largest absolute Gasteiger partial charge is 0.490 e. The molecule has 0 aliphatic carbocycles. The van der Waals surface area contributed by atoms with E-state index >= 15 is 0 Å². The van der Waals surface area contributed by atoms with Gasteiger partial charge in [0.05, 0.1) is 0 Å². The lowest BCUT2D eigenvalue weighted by Gasteiger charge is -2.32. The number of likely N-dealkylation sites (tertiary alicyclic amines) is 1. The van der Waals surface area contributed by atoms with Crippen molar-refractivity contribution in [2.45, 2.75) is 18.9 Å². The normalized spacial score (nSPS) is 15.4. The van der Waals surface area contributed by atoms with Gasteiger partial charge < -0.3 is 19.6 Å². The van der Waals surface area contributed by atoms with E-state index in [4.69, 9.17) is 4.74 Å². The van der Waals surface area contributed by atoms with Crippen molar-refractivity contribution in [3.8, 4) is 5.75 Å². The molecule has 25 heavy (non-hydrogen) atoms. The molecule has 1 aromatic carbocycles. The van der Waals surface area contributed by atoms with Gasteiger partial charge in [-0.15, -0.1) is 0 Å². The number of benzene rings is 1. The van der Waals surface area contributed by atoms with Crippen molar-refractivity contribution in [3.05, 3.63) is 64.7 Å². The number of aromatic nitrogens is 2. The molecule has 0 spiro atoms. The van der Waals surface area contributed by atoms with Crippen LogP contribution in [0.5, 0.6) is 5.75 Å². The molecule has 3 heterocycles. The highest BCUT2D eigenvalue weighted by molar-refractivity contribution is 5.93. The van der Waals surface area contributed by atoms with Crippen molar-refractivity contribution in [1.29, 1.82) is 0 Å². The highest BCUT2D eigenvalue weighted by atomic mass is 16.5. The highest BCUT2D eigenvalue weighted by Crippen LogP contribution is 2.27. The molecule has 0 bridgehead atoms. The highest BCUT2D eigenvalue weighted by Gasteiger charge is 2.26. The molecular formula is C19H19N3O3. The maximum Gasteiger partial charge on any atom is 0.260 e. The minimum atomic E-state index is -0.343. The van der Waals surface area contributed by atoms with Gasteiger partial charge in [0.25, 0.3) is 11.5 Å². The maximum atomic E-state index is 12.5. The zero-order valence-electron chi connectivity index (χ0n) is 13.7. The van der Waals surface area contributed by atoms with Crippen LogP contribution in [0.15, 0.2) is 53.6 Å². The Kier molecular flexibility index (Phi) is 4.01. The SMILES string of the molecule is O=C(c1ccc[nH]c1=O)N1CCC(Oc2cccc3[nH]ccc23)CC1. The van der Waals surface area contributed by atoms with Crippen LogP contribution < -0.4 is 10.3 Å². The first-order valence-corrected chi connectivity index (χ1v) is 8.42. The molecule has 6 nitrogen and oxygen atoms in total. The summed E-state index contributed by atoms with van der Waals surface area (Å²) in [5, 5.41) is 1.07. The van der Waals surface area contributed by atoms with E-state index in [-0.39, 0.29) is 23.1 Å². The molecule has 1 fully saturated rings. The number of amides is 1. The van der Waals surface area contributed by atoms with E-state index in [1.807, 2.05) is 30.5 Å². The van der Waals surface area contributed by atoms with E-state index in [2.05, 4.69) is 9.97 Å². The predicted molar refractivity (Wildman–Crippen MR) is 94.9 cm³/mol. The fourth-order valence-corrected chi connectivity index (χ4v) is 3.28. The number of hydrogen-bond donors (Lipinski definition) is 2. The number of nitrogens with one attached hydrogen (secondary N) is 2. The van der Waals surface area contributed by atoms with Crippen molar-refractivity contribution in [1.82, 2.24) is 14.9 Å². The number of H-pyrrole nitrogens is 2. The van der Waals surface area contributed by atoms with E-state index in [0.717, 1.165) is 29.5 Å². The van der Waals surface area contributed by atoms with Crippen LogP contribution in [0.25, 0.3) is 10.9 Å². The van der Waals surface area contributed by atoms with Crippen LogP contribution >= 0.6 is 0 Å². The van der Waals surface area contributed by atoms with Crippen LogP contribution in [0.1, 0.15) is 23.2 Å². The zero-order valence-corrected chi connectivity index (χ0v) is 13.7. The molecule has 1 amide bonds. The molecule has 0 saturated carbocycles. The Bertz CT molecular complexity index is 951. The average molecular weight is 337 g/mol. The molecule has 2 aromatic heterocycles. The summed E-state index contributed by atoms with van der Waals surface area (Å²) in [5.74, 6) is 0.649. The number of carbonyl (C=O) groups is 1. The van der Waals surface area contributed by atoms with E-state index in [1.54, 1.807) is 17.0 Å². The van der Waals surface area contributed by atoms with Crippen LogP contribution in [-0.2, 0) is 0 Å². The number of ether oxygens (including phenoxy) is 1. The second-order valence-corrected chi connectivity index (χ2v) is 6.22. The minimum Gasteiger partial charge on any atom is -0.490 e. The average Bonchev–Trinajstić information content (AvgIpc) is 3.12. The van der Waals surface area contributed by atoms with Crippen molar-refractivity contribution in [2.24, 2.45) is 0 Å². The van der Waals surface area contributed by atoms with Gasteiger partial charge in [-0.05, 0) is 30.3 Å². The van der Waals surface area contributed by atoms with Crippen LogP contribution in [0, 0.1) is 0 Å². The Hall–Kier alpha value is -3.02. The van der Waals surface area contributed by atoms with Gasteiger partial charge >= 0.3 is 0 Å². The van der Waals surface area contributed by atoms with Gasteiger partial charge in [0.1, 0.15) is 17.4 Å². The molecule has 4 rings (SSSR count). The summed E-state index contributed by atoms with van der Waals surface area (Å²) >= 11 is 0. The summed E-state index contributed by atoms with van der Waals surface area (Å²) < 4.78 is 6.16. The third kappa shape index (κ3) is 3.03. The Balaban J connectivity index is 1.42. The van der Waals surface area contributed by atoms with E-state index in [0.29, 0.717) is 13.1 Å². The molecule has 0 radical (unpaired) electrons. The monoisotopic (exact) mass is 337 g/mol. The molecular weight excluding hydrogens is 318 g/mol. The lowest BCUT2D eigenvalue weighted by molar-refractivity contribution is 0.0596. The van der Waals surface area contributed by atoms with Gasteiger partial charge in [-0.1, -0.05) is 6.07 Å². The number of carbonyl (C=O) groups excluding carboxylic acids is 1. The van der Waals surface area contributed by atoms with Crippen LogP contribution in [0.3, 0.4) is 0 Å². The van der Waals surface area contributed by atoms with E-state index in [9.17, 15) is 9.59 Å². The smallest absolute Gasteiger partial charge is 0.260 e. The van der Waals surface area contributed by atoms with Gasteiger partial charge in [-0.3, -0.25) is 9.59 Å². The number of pyridine rings is 1. The van der Waals surface area contributed by atoms with Crippen LogP contribution in [0.4, 0.5) is 0 Å². The molecule has 2 N–H and O–H groups in total. The van der Waals surface area contributed by atoms with Gasteiger partial charge in [-0.25, -0.2) is 0 Å². The summed E-state index contributed by atoms with van der Waals surface area (Å²) in [7, 11) is 0. The number of rotatable bonds is 3. The first-order valence-electron chi connectivity index (χ1n) is 8.42. The zero-order chi connectivity index (χ0) is 17.2. The Morgan fingerprint density at radius 2 is 1.88 bits per heavy atom. The number of fused-ring (bicyclic) bond motifs is 1. The molecule has 0 unspecified atom stereocenters. The van der Waals surface area contributed by atoms with E-state index in [1.165, 1.54) is 6.20 Å². The first-order chi connectivity index (χ1) is 12.2. The molecule has 3 aromatic rings. The second-order valence-electron chi connectivity index (χ2n) is 6.22. The van der Waals surface area contributed by atoms with Crippen molar-refractivity contribution >= 4 is 16.8 Å². The number of hydrogen-bond acceptors (Lipinski definition) is 3. The standard InChI is InChI=1S/C19H19N3O3/c23-18-15(3-2-9-21-18)19(24)22-11-7-13(8-12-22)25-17-5-1-4-16-14(17)6-10-20-16/h1-6,9-10,13,20H,7-8,11-12H2,(H,21,23). The molecule has 1 aliphatic heterocycles. The van der Waals surface area contributed by atoms with Crippen LogP contribution in [-0.4, -0.2) is 40.0 Å². The first kappa shape index (κ1) is 15.5. The van der Waals surface area contributed by atoms with E-state index < -0.39 is 0 Å². The Labute approximate surface area is 144 Å². The van der Waals surface area contributed by atoms with Crippen molar-refractivity contribution in [2.75, 3.05) is 13.1 Å². The Morgan fingerprint density at radius 3 is 2.68 bits per heavy atom. The quantitative estimate of drug-likeness (QED) is 0.771. The third-order valence-corrected chi connectivity index (χ3v) is 4.63. The van der Waals surface area contributed by atoms with Gasteiger partial charge in [0.2, 0.25) is 0 Å². The number of nitrogens with zero attached hydrogens (tertiary/aromatic N) is 1. The van der Waals surface area contributed by atoms with Gasteiger partial charge in [0.15, 0.2) is 0 Å².